The molecular formula is C12H16BrNO4. The summed E-state index contributed by atoms with van der Waals surface area (Å²) in [6, 6.07) is 1.70. The van der Waals surface area contributed by atoms with E-state index in [4.69, 9.17) is 4.74 Å². The van der Waals surface area contributed by atoms with Crippen LogP contribution in [0.25, 0.3) is 0 Å². The SMILES string of the molecule is CCOC(=O)CC(O)Cn1cc(Br)cc(C)c1=O. The molecule has 1 atom stereocenters. The molecule has 100 valence electrons. The number of carbonyl (C=O) groups excluding carboxylic acids is 1. The van der Waals surface area contributed by atoms with Gasteiger partial charge >= 0.3 is 5.97 Å². The number of aryl methyl sites for hydroxylation is 1. The molecule has 5 nitrogen and oxygen atoms in total. The smallest absolute Gasteiger partial charge is 0.308 e. The van der Waals surface area contributed by atoms with Crippen molar-refractivity contribution in [3.05, 3.63) is 32.7 Å². The minimum Gasteiger partial charge on any atom is -0.466 e. The Morgan fingerprint density at radius 1 is 1.61 bits per heavy atom. The van der Waals surface area contributed by atoms with E-state index in [9.17, 15) is 14.7 Å². The molecule has 0 aliphatic heterocycles. The van der Waals surface area contributed by atoms with E-state index in [1.54, 1.807) is 26.1 Å². The molecule has 0 bridgehead atoms. The van der Waals surface area contributed by atoms with Gasteiger partial charge in [0, 0.05) is 16.2 Å². The van der Waals surface area contributed by atoms with Gasteiger partial charge in [-0.3, -0.25) is 9.59 Å². The van der Waals surface area contributed by atoms with E-state index in [1.165, 1.54) is 4.57 Å². The molecule has 0 spiro atoms. The summed E-state index contributed by atoms with van der Waals surface area (Å²) in [5.41, 5.74) is 0.397. The van der Waals surface area contributed by atoms with Crippen molar-refractivity contribution in [1.82, 2.24) is 4.57 Å². The number of aromatic nitrogens is 1. The van der Waals surface area contributed by atoms with Crippen LogP contribution in [0.3, 0.4) is 0 Å². The first kappa shape index (κ1) is 14.9. The van der Waals surface area contributed by atoms with Crippen LogP contribution in [0.5, 0.6) is 0 Å². The van der Waals surface area contributed by atoms with Gasteiger partial charge in [0.05, 0.1) is 25.7 Å². The van der Waals surface area contributed by atoms with Crippen molar-refractivity contribution < 1.29 is 14.6 Å². The summed E-state index contributed by atoms with van der Waals surface area (Å²) in [6.45, 7) is 3.74. The summed E-state index contributed by atoms with van der Waals surface area (Å²) in [5, 5.41) is 9.73. The van der Waals surface area contributed by atoms with Gasteiger partial charge in [0.15, 0.2) is 0 Å². The van der Waals surface area contributed by atoms with Gasteiger partial charge in [-0.25, -0.2) is 0 Å². The Hall–Kier alpha value is -1.14. The molecule has 1 unspecified atom stereocenters. The molecule has 6 heteroatoms. The highest BCUT2D eigenvalue weighted by Crippen LogP contribution is 2.09. The number of ether oxygens (including phenoxy) is 1. The molecule has 0 amide bonds. The molecule has 1 rings (SSSR count). The maximum Gasteiger partial charge on any atom is 0.308 e. The zero-order valence-corrected chi connectivity index (χ0v) is 11.9. The number of rotatable bonds is 5. The van der Waals surface area contributed by atoms with E-state index in [0.717, 1.165) is 4.47 Å². The number of pyridine rings is 1. The summed E-state index contributed by atoms with van der Waals surface area (Å²) in [5.74, 6) is -0.468. The quantitative estimate of drug-likeness (QED) is 0.829. The Labute approximate surface area is 114 Å². The number of nitrogens with zero attached hydrogens (tertiary/aromatic N) is 1. The van der Waals surface area contributed by atoms with E-state index < -0.39 is 12.1 Å². The van der Waals surface area contributed by atoms with E-state index in [2.05, 4.69) is 15.9 Å². The Kier molecular flexibility index (Phi) is 5.55. The highest BCUT2D eigenvalue weighted by atomic mass is 79.9. The first-order valence-electron chi connectivity index (χ1n) is 5.64. The Balaban J connectivity index is 2.73. The summed E-state index contributed by atoms with van der Waals surface area (Å²) in [4.78, 5) is 23.0. The van der Waals surface area contributed by atoms with Crippen LogP contribution in [0.15, 0.2) is 21.5 Å². The van der Waals surface area contributed by atoms with Gasteiger partial charge in [-0.2, -0.15) is 0 Å². The molecule has 0 saturated carbocycles. The number of aliphatic hydroxyl groups is 1. The van der Waals surface area contributed by atoms with Crippen LogP contribution in [0.2, 0.25) is 0 Å². The highest BCUT2D eigenvalue weighted by Gasteiger charge is 2.13. The summed E-state index contributed by atoms with van der Waals surface area (Å²) in [6.07, 6.45) is 0.533. The van der Waals surface area contributed by atoms with Gasteiger partial charge in [0.2, 0.25) is 0 Å². The first-order chi connectivity index (χ1) is 8.43. The Bertz CT molecular complexity index is 483. The molecular weight excluding hydrogens is 302 g/mol. The fourth-order valence-corrected chi connectivity index (χ4v) is 2.17. The summed E-state index contributed by atoms with van der Waals surface area (Å²) in [7, 11) is 0. The molecule has 1 heterocycles. The van der Waals surface area contributed by atoms with Crippen LogP contribution < -0.4 is 5.56 Å². The third kappa shape index (κ3) is 4.27. The minimum absolute atomic E-state index is 0.0674. The second kappa shape index (κ2) is 6.70. The van der Waals surface area contributed by atoms with Crippen LogP contribution in [0.1, 0.15) is 18.9 Å². The van der Waals surface area contributed by atoms with Crippen molar-refractivity contribution >= 4 is 21.9 Å². The molecule has 0 aromatic carbocycles. The predicted octanol–water partition coefficient (Wildman–Crippen LogP) is 1.23. The average Bonchev–Trinajstić information content (AvgIpc) is 2.25. The number of esters is 1. The lowest BCUT2D eigenvalue weighted by Gasteiger charge is -2.13. The van der Waals surface area contributed by atoms with Gasteiger partial charge in [-0.05, 0) is 35.8 Å². The lowest BCUT2D eigenvalue weighted by atomic mass is 10.2. The molecule has 1 aromatic rings. The van der Waals surface area contributed by atoms with Crippen molar-refractivity contribution in [1.29, 1.82) is 0 Å². The second-order valence-corrected chi connectivity index (χ2v) is 4.88. The maximum atomic E-state index is 11.8. The van der Waals surface area contributed by atoms with Gasteiger partial charge in [-0.15, -0.1) is 0 Å². The van der Waals surface area contributed by atoms with Gasteiger partial charge in [-0.1, -0.05) is 0 Å². The molecule has 1 aromatic heterocycles. The topological polar surface area (TPSA) is 68.5 Å². The minimum atomic E-state index is -0.935. The van der Waals surface area contributed by atoms with Crippen LogP contribution in [-0.4, -0.2) is 28.4 Å². The molecule has 0 aliphatic rings. The van der Waals surface area contributed by atoms with Crippen molar-refractivity contribution in [2.45, 2.75) is 32.9 Å². The van der Waals surface area contributed by atoms with Gasteiger partial charge < -0.3 is 14.4 Å². The zero-order valence-electron chi connectivity index (χ0n) is 10.4. The summed E-state index contributed by atoms with van der Waals surface area (Å²) >= 11 is 3.28. The number of halogens is 1. The fourth-order valence-electron chi connectivity index (χ4n) is 1.58. The lowest BCUT2D eigenvalue weighted by Crippen LogP contribution is -2.29. The predicted molar refractivity (Wildman–Crippen MR) is 70.4 cm³/mol. The van der Waals surface area contributed by atoms with E-state index >= 15 is 0 Å². The fraction of sp³-hybridized carbons (Fsp3) is 0.500. The number of hydrogen-bond acceptors (Lipinski definition) is 4. The van der Waals surface area contributed by atoms with Gasteiger partial charge in [0.1, 0.15) is 0 Å². The molecule has 1 N–H and O–H groups in total. The largest absolute Gasteiger partial charge is 0.466 e. The van der Waals surface area contributed by atoms with Crippen molar-refractivity contribution in [2.24, 2.45) is 0 Å². The first-order valence-corrected chi connectivity index (χ1v) is 6.43. The molecule has 0 saturated heterocycles. The lowest BCUT2D eigenvalue weighted by molar-refractivity contribution is -0.145. The summed E-state index contributed by atoms with van der Waals surface area (Å²) < 4.78 is 6.86. The van der Waals surface area contributed by atoms with Crippen molar-refractivity contribution in [3.63, 3.8) is 0 Å². The van der Waals surface area contributed by atoms with Crippen molar-refractivity contribution in [3.8, 4) is 0 Å². The second-order valence-electron chi connectivity index (χ2n) is 3.96. The van der Waals surface area contributed by atoms with Crippen LogP contribution >= 0.6 is 15.9 Å². The third-order valence-electron chi connectivity index (χ3n) is 2.35. The Morgan fingerprint density at radius 3 is 2.89 bits per heavy atom. The maximum absolute atomic E-state index is 11.8. The number of carbonyl (C=O) groups is 1. The normalized spacial score (nSPS) is 12.2. The van der Waals surface area contributed by atoms with E-state index in [-0.39, 0.29) is 25.1 Å². The number of aliphatic hydroxyl groups excluding tert-OH is 1. The van der Waals surface area contributed by atoms with Gasteiger partial charge in [0.25, 0.3) is 5.56 Å². The standard InChI is InChI=1S/C12H16BrNO4/c1-3-18-11(16)5-10(15)7-14-6-9(13)4-8(2)12(14)17/h4,6,10,15H,3,5,7H2,1-2H3. The molecule has 18 heavy (non-hydrogen) atoms. The van der Waals surface area contributed by atoms with Crippen molar-refractivity contribution in [2.75, 3.05) is 6.61 Å². The Morgan fingerprint density at radius 2 is 2.28 bits per heavy atom. The van der Waals surface area contributed by atoms with Crippen LogP contribution in [0.4, 0.5) is 0 Å². The monoisotopic (exact) mass is 317 g/mol. The molecule has 0 fully saturated rings. The third-order valence-corrected chi connectivity index (χ3v) is 2.78. The van der Waals surface area contributed by atoms with E-state index in [0.29, 0.717) is 5.56 Å². The van der Waals surface area contributed by atoms with E-state index in [1.807, 2.05) is 0 Å². The number of hydrogen-bond donors (Lipinski definition) is 1. The average molecular weight is 318 g/mol. The van der Waals surface area contributed by atoms with Crippen LogP contribution in [0, 0.1) is 6.92 Å². The highest BCUT2D eigenvalue weighted by molar-refractivity contribution is 9.10. The zero-order chi connectivity index (χ0) is 13.7. The molecule has 0 aliphatic carbocycles. The van der Waals surface area contributed by atoms with Crippen LogP contribution in [-0.2, 0) is 16.1 Å². The molecule has 0 radical (unpaired) electrons.